The highest BCUT2D eigenvalue weighted by Gasteiger charge is 1.69. The molecule has 0 aromatic carbocycles. The summed E-state index contributed by atoms with van der Waals surface area (Å²) in [5.74, 6) is 0. The minimum atomic E-state index is -0.167. The van der Waals surface area contributed by atoms with E-state index in [-0.39, 0.29) is 6.10 Å². The van der Waals surface area contributed by atoms with Gasteiger partial charge in [0.1, 0.15) is 0 Å². The smallest absolute Gasteiger partial charge is 0.0483 e. The lowest BCUT2D eigenvalue weighted by Gasteiger charge is -1.80. The van der Waals surface area contributed by atoms with Gasteiger partial charge in [-0.15, -0.1) is 0 Å². The third-order valence-electron chi connectivity index (χ3n) is 0. The molecule has 0 radical (unpaired) electrons. The average molecular weight is 92.1 g/mol. The van der Waals surface area contributed by atoms with Crippen molar-refractivity contribution in [1.82, 2.24) is 0 Å². The van der Waals surface area contributed by atoms with Crippen LogP contribution in [0.2, 0.25) is 0 Å². The van der Waals surface area contributed by atoms with Crippen LogP contribution in [0.25, 0.3) is 0 Å². The van der Waals surface area contributed by atoms with Crippen LogP contribution >= 0.6 is 0 Å². The molecular formula is C3H8O3. The molecule has 3 nitrogen and oxygen atoms in total. The fourth-order valence-corrected chi connectivity index (χ4v) is 0. The fourth-order valence-electron chi connectivity index (χ4n) is 0. The van der Waals surface area contributed by atoms with Crippen molar-refractivity contribution in [3.05, 3.63) is 9.93 Å². The van der Waals surface area contributed by atoms with Gasteiger partial charge in [-0.25, -0.2) is 0 Å². The van der Waals surface area contributed by atoms with Crippen molar-refractivity contribution in [2.45, 2.75) is 20.0 Å². The highest BCUT2D eigenvalue weighted by Crippen LogP contribution is 1.65. The molecule has 6 heavy (non-hydrogen) atoms. The Balaban J connectivity index is 0. The second kappa shape index (κ2) is 8.82. The summed E-state index contributed by atoms with van der Waals surface area (Å²) in [5.41, 5.74) is 0. The van der Waals surface area contributed by atoms with E-state index >= 15 is 0 Å². The molecule has 0 heterocycles. The van der Waals surface area contributed by atoms with Gasteiger partial charge in [-0.05, 0) is 13.8 Å². The molecule has 3 heteroatoms. The molecule has 38 valence electrons. The highest BCUT2D eigenvalue weighted by atomic mass is 16.7. The second-order valence-corrected chi connectivity index (χ2v) is 1.09. The van der Waals surface area contributed by atoms with Crippen LogP contribution in [0.15, 0.2) is 0 Å². The predicted molar refractivity (Wildman–Crippen MR) is 24.1 cm³/mol. The topological polar surface area (TPSA) is 54.4 Å². The largest absolute Gasteiger partial charge is 0.394 e. The summed E-state index contributed by atoms with van der Waals surface area (Å²) in [6, 6.07) is 0. The molecule has 0 aromatic rings. The number of aliphatic hydroxyl groups excluding tert-OH is 1. The Labute approximate surface area is 36.2 Å². The van der Waals surface area contributed by atoms with E-state index in [1.165, 1.54) is 0 Å². The van der Waals surface area contributed by atoms with Gasteiger partial charge in [0.2, 0.25) is 0 Å². The van der Waals surface area contributed by atoms with E-state index in [0.717, 1.165) is 0 Å². The summed E-state index contributed by atoms with van der Waals surface area (Å²) in [6.45, 7) is 3.44. The van der Waals surface area contributed by atoms with Crippen LogP contribution in [-0.2, 0) is 0 Å². The quantitative estimate of drug-likeness (QED) is 0.472. The summed E-state index contributed by atoms with van der Waals surface area (Å²) in [6.07, 6.45) is -0.167. The number of rotatable bonds is 0. The Kier molecular flexibility index (Phi) is 13.4. The van der Waals surface area contributed by atoms with Gasteiger partial charge in [0, 0.05) is 16.0 Å². The molecule has 0 rings (SSSR count). The number of aliphatic hydroxyl groups is 1. The zero-order valence-electron chi connectivity index (χ0n) is 3.84. The first-order valence-electron chi connectivity index (χ1n) is 1.58. The lowest BCUT2D eigenvalue weighted by atomic mass is 10.5. The normalized spacial score (nSPS) is 6.67. The van der Waals surface area contributed by atoms with Gasteiger partial charge in [0.15, 0.2) is 0 Å². The van der Waals surface area contributed by atoms with Crippen LogP contribution < -0.4 is 0 Å². The summed E-state index contributed by atoms with van der Waals surface area (Å²) in [4.78, 5) is 14.0. The van der Waals surface area contributed by atoms with E-state index in [0.29, 0.717) is 0 Å². The Morgan fingerprint density at radius 3 is 1.33 bits per heavy atom. The Morgan fingerprint density at radius 1 is 1.33 bits per heavy atom. The molecule has 0 amide bonds. The Bertz CT molecular complexity index is 17.2. The maximum atomic E-state index is 8.06. The summed E-state index contributed by atoms with van der Waals surface area (Å²) < 4.78 is 0. The molecule has 0 atom stereocenters. The third kappa shape index (κ3) is 121. The molecule has 0 unspecified atom stereocenters. The summed E-state index contributed by atoms with van der Waals surface area (Å²) >= 11 is 0. The van der Waals surface area contributed by atoms with Gasteiger partial charge >= 0.3 is 0 Å². The highest BCUT2D eigenvalue weighted by molar-refractivity contribution is 4.20. The fraction of sp³-hybridized carbons (Fsp3) is 1.00. The lowest BCUT2D eigenvalue weighted by molar-refractivity contribution is 0.216. The summed E-state index contributed by atoms with van der Waals surface area (Å²) in [5, 5.41) is 8.06. The Morgan fingerprint density at radius 2 is 1.33 bits per heavy atom. The van der Waals surface area contributed by atoms with Gasteiger partial charge in [0.25, 0.3) is 0 Å². The molecule has 0 fully saturated rings. The molecule has 0 bridgehead atoms. The first kappa shape index (κ1) is 9.12. The first-order valence-corrected chi connectivity index (χ1v) is 1.58. The minimum absolute atomic E-state index is 0.167. The van der Waals surface area contributed by atoms with Crippen LogP contribution in [0.5, 0.6) is 0 Å². The SMILES string of the molecule is CC(C)O.O=O. The third-order valence-corrected chi connectivity index (χ3v) is 0. The second-order valence-electron chi connectivity index (χ2n) is 1.09. The van der Waals surface area contributed by atoms with Crippen molar-refractivity contribution >= 4 is 0 Å². The average Bonchev–Trinajstić information content (AvgIpc) is 1.41. The molecule has 0 saturated carbocycles. The van der Waals surface area contributed by atoms with Gasteiger partial charge in [0.05, 0.1) is 0 Å². The van der Waals surface area contributed by atoms with Crippen LogP contribution in [0.1, 0.15) is 13.8 Å². The predicted octanol–water partition coefficient (Wildman–Crippen LogP) is 0.454. The molecule has 0 aliphatic carbocycles. The van der Waals surface area contributed by atoms with Gasteiger partial charge in [-0.3, -0.25) is 0 Å². The Hall–Kier alpha value is -0.440. The summed E-state index contributed by atoms with van der Waals surface area (Å²) in [7, 11) is 0. The zero-order valence-corrected chi connectivity index (χ0v) is 3.84. The van der Waals surface area contributed by atoms with Crippen LogP contribution in [0.3, 0.4) is 0 Å². The van der Waals surface area contributed by atoms with E-state index in [2.05, 4.69) is 0 Å². The van der Waals surface area contributed by atoms with Crippen molar-refractivity contribution in [1.29, 1.82) is 0 Å². The van der Waals surface area contributed by atoms with E-state index in [1.54, 1.807) is 13.8 Å². The number of hydrogen-bond acceptors (Lipinski definition) is 3. The van der Waals surface area contributed by atoms with Crippen LogP contribution in [-0.4, -0.2) is 11.2 Å². The minimum Gasteiger partial charge on any atom is -0.394 e. The van der Waals surface area contributed by atoms with Crippen LogP contribution in [0.4, 0.5) is 0 Å². The number of hydrogen-bond donors (Lipinski definition) is 1. The van der Waals surface area contributed by atoms with Gasteiger partial charge in [-0.1, -0.05) is 0 Å². The zero-order chi connectivity index (χ0) is 5.58. The maximum absolute atomic E-state index is 8.06. The molecule has 1 N–H and O–H groups in total. The van der Waals surface area contributed by atoms with Crippen molar-refractivity contribution in [3.8, 4) is 0 Å². The monoisotopic (exact) mass is 92.0 g/mol. The van der Waals surface area contributed by atoms with Crippen molar-refractivity contribution in [2.75, 3.05) is 0 Å². The van der Waals surface area contributed by atoms with E-state index < -0.39 is 0 Å². The van der Waals surface area contributed by atoms with Crippen molar-refractivity contribution < 1.29 is 5.11 Å². The van der Waals surface area contributed by atoms with E-state index in [9.17, 15) is 0 Å². The first-order chi connectivity index (χ1) is 2.73. The molecule has 0 aliphatic rings. The molecule has 0 aliphatic heterocycles. The van der Waals surface area contributed by atoms with Crippen molar-refractivity contribution in [2.24, 2.45) is 0 Å². The molecule has 0 aromatic heterocycles. The van der Waals surface area contributed by atoms with Gasteiger partial charge in [-0.2, -0.15) is 0 Å². The van der Waals surface area contributed by atoms with E-state index in [4.69, 9.17) is 15.0 Å². The lowest BCUT2D eigenvalue weighted by Crippen LogP contribution is -1.85. The van der Waals surface area contributed by atoms with Crippen LogP contribution in [0, 0.1) is 9.93 Å². The standard InChI is InChI=1S/C3H8O.O2/c1-3(2)4;1-2/h3-4H,1-2H3;. The molecular weight excluding hydrogens is 84.0 g/mol. The van der Waals surface area contributed by atoms with Crippen molar-refractivity contribution in [3.63, 3.8) is 0 Å². The molecule has 0 spiro atoms. The van der Waals surface area contributed by atoms with Gasteiger partial charge < -0.3 is 5.11 Å². The maximum Gasteiger partial charge on any atom is 0.0483 e. The molecule has 0 saturated heterocycles. The van der Waals surface area contributed by atoms with E-state index in [1.807, 2.05) is 0 Å².